The molecule has 0 amide bonds. The molecule has 2 aliphatic rings. The number of hydrogen-bond donors (Lipinski definition) is 2. The highest BCUT2D eigenvalue weighted by Crippen LogP contribution is 2.37. The Balaban J connectivity index is 1.64. The number of aryl methyl sites for hydroxylation is 1. The van der Waals surface area contributed by atoms with Gasteiger partial charge in [0.2, 0.25) is 5.95 Å². The molecule has 0 bridgehead atoms. The largest absolute Gasteiger partial charge is 0.383 e. The normalized spacial score (nSPS) is 20.2. The second-order valence-electron chi connectivity index (χ2n) is 7.34. The average Bonchev–Trinajstić information content (AvgIpc) is 2.47. The van der Waals surface area contributed by atoms with Crippen LogP contribution in [-0.4, -0.2) is 46.0 Å². The molecule has 4 rings (SSSR count). The lowest BCUT2D eigenvalue weighted by molar-refractivity contribution is 0.263. The molecule has 1 saturated heterocycles. The van der Waals surface area contributed by atoms with Crippen LogP contribution in [0.4, 0.5) is 11.8 Å². The lowest BCUT2D eigenvalue weighted by Gasteiger charge is -2.29. The molecule has 6 heteroatoms. The Labute approximate surface area is 142 Å². The van der Waals surface area contributed by atoms with Crippen LogP contribution in [0.2, 0.25) is 0 Å². The predicted molar refractivity (Wildman–Crippen MR) is 97.2 cm³/mol. The van der Waals surface area contributed by atoms with E-state index in [-0.39, 0.29) is 0 Å². The molecular weight excluding hydrogens is 300 g/mol. The standard InChI is InChI=1S/C18H26N6/c1-11-10-14(12-4-3-5-12)21-17-15(11)16(19)22-18(23-17)20-13-6-8-24(2)9-7-13/h10,12-13H,3-9H2,1-2H3,(H3,19,20,21,22,23). The van der Waals surface area contributed by atoms with Crippen molar-refractivity contribution in [2.75, 3.05) is 31.2 Å². The van der Waals surface area contributed by atoms with E-state index in [1.807, 2.05) is 0 Å². The third-order valence-corrected chi connectivity index (χ3v) is 5.49. The summed E-state index contributed by atoms with van der Waals surface area (Å²) >= 11 is 0. The fraction of sp³-hybridized carbons (Fsp3) is 0.611. The van der Waals surface area contributed by atoms with Crippen molar-refractivity contribution >= 4 is 22.8 Å². The van der Waals surface area contributed by atoms with Crippen LogP contribution >= 0.6 is 0 Å². The molecule has 2 fully saturated rings. The number of rotatable bonds is 3. The van der Waals surface area contributed by atoms with Crippen LogP contribution in [0.1, 0.15) is 49.3 Å². The number of nitrogens with zero attached hydrogens (tertiary/aromatic N) is 4. The van der Waals surface area contributed by atoms with Crippen LogP contribution in [0.3, 0.4) is 0 Å². The minimum Gasteiger partial charge on any atom is -0.383 e. The number of nitrogens with one attached hydrogen (secondary N) is 1. The predicted octanol–water partition coefficient (Wildman–Crippen LogP) is 2.69. The van der Waals surface area contributed by atoms with Crippen molar-refractivity contribution in [1.82, 2.24) is 19.9 Å². The number of nitrogens with two attached hydrogens (primary N) is 1. The SMILES string of the molecule is Cc1cc(C2CCC2)nc2nc(NC3CCN(C)CC3)nc(N)c12. The second-order valence-corrected chi connectivity index (χ2v) is 7.34. The molecule has 0 radical (unpaired) electrons. The van der Waals surface area contributed by atoms with Crippen molar-refractivity contribution in [2.45, 2.75) is 51.0 Å². The Kier molecular flexibility index (Phi) is 4.00. The van der Waals surface area contributed by atoms with E-state index < -0.39 is 0 Å². The molecular formula is C18H26N6. The molecule has 0 atom stereocenters. The van der Waals surface area contributed by atoms with Crippen molar-refractivity contribution in [3.63, 3.8) is 0 Å². The molecule has 2 aromatic heterocycles. The number of likely N-dealkylation sites (tertiary alicyclic amines) is 1. The number of nitrogen functional groups attached to an aromatic ring is 1. The second kappa shape index (κ2) is 6.16. The average molecular weight is 326 g/mol. The number of fused-ring (bicyclic) bond motifs is 1. The van der Waals surface area contributed by atoms with E-state index in [2.05, 4.69) is 40.2 Å². The Morgan fingerprint density at radius 1 is 1.12 bits per heavy atom. The molecule has 6 nitrogen and oxygen atoms in total. The third-order valence-electron chi connectivity index (χ3n) is 5.49. The smallest absolute Gasteiger partial charge is 0.226 e. The summed E-state index contributed by atoms with van der Waals surface area (Å²) in [5.41, 5.74) is 9.25. The van der Waals surface area contributed by atoms with Crippen LogP contribution in [-0.2, 0) is 0 Å². The molecule has 0 aromatic carbocycles. The highest BCUT2D eigenvalue weighted by Gasteiger charge is 2.23. The number of aromatic nitrogens is 3. The monoisotopic (exact) mass is 326 g/mol. The molecule has 1 aliphatic carbocycles. The first-order valence-electron chi connectivity index (χ1n) is 9.00. The zero-order valence-corrected chi connectivity index (χ0v) is 14.5. The zero-order chi connectivity index (χ0) is 16.7. The summed E-state index contributed by atoms with van der Waals surface area (Å²) in [6.45, 7) is 4.28. The van der Waals surface area contributed by atoms with Gasteiger partial charge in [0.05, 0.1) is 5.39 Å². The van der Waals surface area contributed by atoms with E-state index in [1.54, 1.807) is 0 Å². The summed E-state index contributed by atoms with van der Waals surface area (Å²) in [4.78, 5) is 16.3. The Morgan fingerprint density at radius 2 is 1.88 bits per heavy atom. The molecule has 1 saturated carbocycles. The van der Waals surface area contributed by atoms with E-state index >= 15 is 0 Å². The minimum absolute atomic E-state index is 0.411. The van der Waals surface area contributed by atoms with Gasteiger partial charge in [-0.1, -0.05) is 6.42 Å². The van der Waals surface area contributed by atoms with Gasteiger partial charge in [-0.05, 0) is 64.4 Å². The molecule has 2 aromatic rings. The number of anilines is 2. The molecule has 3 heterocycles. The summed E-state index contributed by atoms with van der Waals surface area (Å²) in [5, 5.41) is 4.36. The van der Waals surface area contributed by atoms with Gasteiger partial charge in [-0.2, -0.15) is 9.97 Å². The van der Waals surface area contributed by atoms with Crippen molar-refractivity contribution in [1.29, 1.82) is 0 Å². The van der Waals surface area contributed by atoms with Crippen molar-refractivity contribution in [3.8, 4) is 0 Å². The Bertz CT molecular complexity index is 747. The first-order chi connectivity index (χ1) is 11.6. The first kappa shape index (κ1) is 15.6. The molecule has 1 aliphatic heterocycles. The van der Waals surface area contributed by atoms with Crippen molar-refractivity contribution < 1.29 is 0 Å². The highest BCUT2D eigenvalue weighted by molar-refractivity contribution is 5.89. The summed E-state index contributed by atoms with van der Waals surface area (Å²) < 4.78 is 0. The van der Waals surface area contributed by atoms with Gasteiger partial charge in [-0.3, -0.25) is 0 Å². The van der Waals surface area contributed by atoms with Crippen molar-refractivity contribution in [2.24, 2.45) is 0 Å². The van der Waals surface area contributed by atoms with E-state index in [9.17, 15) is 0 Å². The Morgan fingerprint density at radius 3 is 2.54 bits per heavy atom. The van der Waals surface area contributed by atoms with Crippen LogP contribution in [0.5, 0.6) is 0 Å². The van der Waals surface area contributed by atoms with Gasteiger partial charge in [-0.15, -0.1) is 0 Å². The van der Waals surface area contributed by atoms with Crippen LogP contribution in [0.15, 0.2) is 6.07 Å². The summed E-state index contributed by atoms with van der Waals surface area (Å²) in [6.07, 6.45) is 5.98. The van der Waals surface area contributed by atoms with Gasteiger partial charge in [0.25, 0.3) is 0 Å². The molecule has 3 N–H and O–H groups in total. The third kappa shape index (κ3) is 2.90. The van der Waals surface area contributed by atoms with E-state index in [0.717, 1.165) is 48.2 Å². The lowest BCUT2D eigenvalue weighted by Crippen LogP contribution is -2.37. The zero-order valence-electron chi connectivity index (χ0n) is 14.5. The van der Waals surface area contributed by atoms with Gasteiger partial charge in [0.1, 0.15) is 5.82 Å². The van der Waals surface area contributed by atoms with Gasteiger partial charge in [-0.25, -0.2) is 4.98 Å². The van der Waals surface area contributed by atoms with Crippen LogP contribution in [0, 0.1) is 6.92 Å². The van der Waals surface area contributed by atoms with Gasteiger partial charge < -0.3 is 16.0 Å². The quantitative estimate of drug-likeness (QED) is 0.903. The van der Waals surface area contributed by atoms with Gasteiger partial charge >= 0.3 is 0 Å². The summed E-state index contributed by atoms with van der Waals surface area (Å²) in [7, 11) is 2.16. The molecule has 128 valence electrons. The van der Waals surface area contributed by atoms with Crippen molar-refractivity contribution in [3.05, 3.63) is 17.3 Å². The number of pyridine rings is 1. The van der Waals surface area contributed by atoms with E-state index in [4.69, 9.17) is 10.7 Å². The van der Waals surface area contributed by atoms with Crippen LogP contribution in [0.25, 0.3) is 11.0 Å². The highest BCUT2D eigenvalue weighted by atomic mass is 15.2. The lowest BCUT2D eigenvalue weighted by atomic mass is 9.82. The maximum atomic E-state index is 6.22. The molecule has 0 unspecified atom stereocenters. The maximum Gasteiger partial charge on any atom is 0.226 e. The minimum atomic E-state index is 0.411. The number of piperidine rings is 1. The maximum absolute atomic E-state index is 6.22. The molecule has 0 spiro atoms. The fourth-order valence-corrected chi connectivity index (χ4v) is 3.69. The molecule has 24 heavy (non-hydrogen) atoms. The number of hydrogen-bond acceptors (Lipinski definition) is 6. The van der Waals surface area contributed by atoms with Crippen LogP contribution < -0.4 is 11.1 Å². The first-order valence-corrected chi connectivity index (χ1v) is 9.00. The van der Waals surface area contributed by atoms with E-state index in [0.29, 0.717) is 23.7 Å². The summed E-state index contributed by atoms with van der Waals surface area (Å²) in [5.74, 6) is 1.74. The van der Waals surface area contributed by atoms with E-state index in [1.165, 1.54) is 19.3 Å². The van der Waals surface area contributed by atoms with Gasteiger partial charge in [0.15, 0.2) is 5.65 Å². The fourth-order valence-electron chi connectivity index (χ4n) is 3.69. The summed E-state index contributed by atoms with van der Waals surface area (Å²) in [6, 6.07) is 2.57. The Hall–Kier alpha value is -1.95. The van der Waals surface area contributed by atoms with Gasteiger partial charge in [0, 0.05) is 17.7 Å². The topological polar surface area (TPSA) is 80.0 Å².